The Bertz CT molecular complexity index is 756. The molecule has 0 unspecified atom stereocenters. The summed E-state index contributed by atoms with van der Waals surface area (Å²) in [5.74, 6) is 0. The number of pyridine rings is 1. The van der Waals surface area contributed by atoms with E-state index in [1.165, 1.54) is 0 Å². The number of hydrogen-bond acceptors (Lipinski definition) is 3. The molecule has 1 aromatic heterocycles. The molecular weight excluding hydrogens is 236 g/mol. The van der Waals surface area contributed by atoms with Gasteiger partial charge in [0.1, 0.15) is 7.05 Å². The lowest BCUT2D eigenvalue weighted by atomic mass is 10.1. The third-order valence-electron chi connectivity index (χ3n) is 3.68. The van der Waals surface area contributed by atoms with Crippen molar-refractivity contribution in [2.24, 2.45) is 7.05 Å². The molecule has 3 rings (SSSR count). The molecule has 1 heterocycles. The first kappa shape index (κ1) is 11.6. The van der Waals surface area contributed by atoms with Gasteiger partial charge in [-0.15, -0.1) is 0 Å². The summed E-state index contributed by atoms with van der Waals surface area (Å²) in [6, 6.07) is 10.0. The summed E-state index contributed by atoms with van der Waals surface area (Å²) >= 11 is 0. The van der Waals surface area contributed by atoms with Gasteiger partial charge in [-0.25, -0.2) is 0 Å². The van der Waals surface area contributed by atoms with E-state index < -0.39 is 0 Å². The Morgan fingerprint density at radius 3 is 1.95 bits per heavy atom. The molecule has 19 heavy (non-hydrogen) atoms. The number of aryl methyl sites for hydroxylation is 2. The Balaban J connectivity index is 2.52. The number of nitrogens with zero attached hydrogens (tertiary/aromatic N) is 1. The summed E-state index contributed by atoms with van der Waals surface area (Å²) in [5.41, 5.74) is 23.0. The van der Waals surface area contributed by atoms with Crippen molar-refractivity contribution in [3.63, 3.8) is 0 Å². The average Bonchev–Trinajstić information content (AvgIpc) is 2.35. The molecule has 0 fully saturated rings. The fourth-order valence-corrected chi connectivity index (χ4v) is 2.48. The van der Waals surface area contributed by atoms with Crippen LogP contribution in [0.3, 0.4) is 0 Å². The van der Waals surface area contributed by atoms with E-state index in [4.69, 9.17) is 17.2 Å². The number of aromatic nitrogens is 1. The second-order valence-electron chi connectivity index (χ2n) is 5.01. The number of anilines is 3. The van der Waals surface area contributed by atoms with Crippen LogP contribution in [0.15, 0.2) is 30.3 Å². The van der Waals surface area contributed by atoms with Crippen LogP contribution in [-0.2, 0) is 7.05 Å². The van der Waals surface area contributed by atoms with Crippen LogP contribution in [-0.4, -0.2) is 0 Å². The molecule has 0 atom stereocenters. The number of fused-ring (bicyclic) bond motifs is 2. The minimum atomic E-state index is 0.600. The summed E-state index contributed by atoms with van der Waals surface area (Å²) in [7, 11) is 2.01. The highest BCUT2D eigenvalue weighted by molar-refractivity contribution is 5.94. The van der Waals surface area contributed by atoms with Gasteiger partial charge in [0.15, 0.2) is 0 Å². The summed E-state index contributed by atoms with van der Waals surface area (Å²) in [4.78, 5) is 0. The third-order valence-corrected chi connectivity index (χ3v) is 3.68. The zero-order valence-electron chi connectivity index (χ0n) is 11.1. The van der Waals surface area contributed by atoms with Gasteiger partial charge in [-0.3, -0.25) is 0 Å². The highest BCUT2D eigenvalue weighted by Gasteiger charge is 2.14. The minimum absolute atomic E-state index is 0.600. The molecule has 2 aromatic carbocycles. The topological polar surface area (TPSA) is 81.9 Å². The van der Waals surface area contributed by atoms with E-state index in [1.807, 2.05) is 32.2 Å². The van der Waals surface area contributed by atoms with Crippen LogP contribution < -0.4 is 21.8 Å². The third kappa shape index (κ3) is 1.64. The van der Waals surface area contributed by atoms with E-state index in [-0.39, 0.29) is 0 Å². The molecule has 0 saturated heterocycles. The lowest BCUT2D eigenvalue weighted by Gasteiger charge is -2.07. The maximum atomic E-state index is 5.99. The van der Waals surface area contributed by atoms with E-state index in [0.29, 0.717) is 11.4 Å². The molecule has 4 nitrogen and oxygen atoms in total. The predicted octanol–water partition coefficient (Wildman–Crippen LogP) is 1.87. The second kappa shape index (κ2) is 3.75. The Kier molecular flexibility index (Phi) is 2.29. The molecule has 6 N–H and O–H groups in total. The normalized spacial score (nSPS) is 11.3. The molecule has 4 heteroatoms. The molecule has 0 aliphatic rings. The first-order valence-electron chi connectivity index (χ1n) is 6.15. The Labute approximate surface area is 111 Å². The van der Waals surface area contributed by atoms with Crippen molar-refractivity contribution < 1.29 is 4.57 Å². The smallest absolute Gasteiger partial charge is 0.214 e. The minimum Gasteiger partial charge on any atom is -0.398 e. The molecule has 0 bridgehead atoms. The highest BCUT2D eigenvalue weighted by Crippen LogP contribution is 2.26. The van der Waals surface area contributed by atoms with E-state index in [2.05, 4.69) is 16.7 Å². The van der Waals surface area contributed by atoms with Crippen molar-refractivity contribution in [3.8, 4) is 0 Å². The zero-order valence-corrected chi connectivity index (χ0v) is 11.1. The molecule has 0 amide bonds. The second-order valence-corrected chi connectivity index (χ2v) is 5.01. The molecule has 0 aliphatic carbocycles. The van der Waals surface area contributed by atoms with Crippen molar-refractivity contribution in [1.82, 2.24) is 0 Å². The standard InChI is InChI=1S/C15H16N4/c1-8-3-9-4-10-5-12(17)13(18)7-15(10)19(2)14(9)6-11(8)16/h3-7H,17H2,1-2H3,(H3,16,18)/p+1. The van der Waals surface area contributed by atoms with Crippen LogP contribution in [0.1, 0.15) is 5.56 Å². The quantitative estimate of drug-likeness (QED) is 0.325. The summed E-state index contributed by atoms with van der Waals surface area (Å²) in [5, 5.41) is 2.22. The summed E-state index contributed by atoms with van der Waals surface area (Å²) < 4.78 is 2.09. The fraction of sp³-hybridized carbons (Fsp3) is 0.133. The van der Waals surface area contributed by atoms with Crippen LogP contribution in [0.5, 0.6) is 0 Å². The lowest BCUT2D eigenvalue weighted by molar-refractivity contribution is -0.617. The first-order valence-corrected chi connectivity index (χ1v) is 6.15. The van der Waals surface area contributed by atoms with Gasteiger partial charge < -0.3 is 17.2 Å². The monoisotopic (exact) mass is 253 g/mol. The molecular formula is C15H17N4+. The maximum Gasteiger partial charge on any atom is 0.214 e. The molecule has 0 saturated carbocycles. The van der Waals surface area contributed by atoms with Crippen LogP contribution >= 0.6 is 0 Å². The number of nitrogens with two attached hydrogens (primary N) is 3. The van der Waals surface area contributed by atoms with Crippen molar-refractivity contribution in [3.05, 3.63) is 35.9 Å². The van der Waals surface area contributed by atoms with Gasteiger partial charge in [-0.05, 0) is 30.7 Å². The van der Waals surface area contributed by atoms with Gasteiger partial charge in [0.2, 0.25) is 11.0 Å². The van der Waals surface area contributed by atoms with Gasteiger partial charge in [0.05, 0.1) is 11.4 Å². The summed E-state index contributed by atoms with van der Waals surface area (Å²) in [6.45, 7) is 2.01. The number of nitrogen functional groups attached to an aromatic ring is 3. The maximum absolute atomic E-state index is 5.99. The first-order chi connectivity index (χ1) is 8.97. The fourth-order valence-electron chi connectivity index (χ4n) is 2.48. The van der Waals surface area contributed by atoms with Crippen molar-refractivity contribution in [2.45, 2.75) is 6.92 Å². The van der Waals surface area contributed by atoms with Crippen molar-refractivity contribution >= 4 is 38.9 Å². The van der Waals surface area contributed by atoms with Gasteiger partial charge >= 0.3 is 0 Å². The molecule has 0 aliphatic heterocycles. The van der Waals surface area contributed by atoms with Crippen LogP contribution in [0, 0.1) is 6.92 Å². The van der Waals surface area contributed by atoms with Gasteiger partial charge in [-0.2, -0.15) is 4.57 Å². The van der Waals surface area contributed by atoms with Gasteiger partial charge in [-0.1, -0.05) is 0 Å². The van der Waals surface area contributed by atoms with Gasteiger partial charge in [0, 0.05) is 28.6 Å². The predicted molar refractivity (Wildman–Crippen MR) is 80.6 cm³/mol. The Morgan fingerprint density at radius 1 is 0.737 bits per heavy atom. The Hall–Kier alpha value is -2.49. The molecule has 3 aromatic rings. The lowest BCUT2D eigenvalue weighted by Crippen LogP contribution is -2.30. The van der Waals surface area contributed by atoms with Crippen molar-refractivity contribution in [1.29, 1.82) is 0 Å². The molecule has 0 radical (unpaired) electrons. The van der Waals surface area contributed by atoms with E-state index in [1.54, 1.807) is 0 Å². The molecule has 96 valence electrons. The number of hydrogen-bond donors (Lipinski definition) is 3. The van der Waals surface area contributed by atoms with Crippen LogP contribution in [0.25, 0.3) is 21.8 Å². The van der Waals surface area contributed by atoms with E-state index >= 15 is 0 Å². The van der Waals surface area contributed by atoms with Gasteiger partial charge in [0.25, 0.3) is 0 Å². The highest BCUT2D eigenvalue weighted by atomic mass is 14.9. The van der Waals surface area contributed by atoms with E-state index in [0.717, 1.165) is 33.1 Å². The number of benzene rings is 2. The molecule has 0 spiro atoms. The van der Waals surface area contributed by atoms with E-state index in [9.17, 15) is 0 Å². The van der Waals surface area contributed by atoms with Crippen LogP contribution in [0.4, 0.5) is 17.1 Å². The number of rotatable bonds is 0. The van der Waals surface area contributed by atoms with Crippen molar-refractivity contribution in [2.75, 3.05) is 17.2 Å². The largest absolute Gasteiger partial charge is 0.398 e. The SMILES string of the molecule is Cc1cc2cc3cc(N)c(N)cc3[n+](C)c2cc1N. The summed E-state index contributed by atoms with van der Waals surface area (Å²) in [6.07, 6.45) is 0. The Morgan fingerprint density at radius 2 is 1.26 bits per heavy atom. The average molecular weight is 253 g/mol. The zero-order chi connectivity index (χ0) is 13.7. The van der Waals surface area contributed by atoms with Crippen LogP contribution in [0.2, 0.25) is 0 Å².